The summed E-state index contributed by atoms with van der Waals surface area (Å²) >= 11 is 0. The van der Waals surface area contributed by atoms with Crippen molar-refractivity contribution in [1.82, 2.24) is 0 Å². The van der Waals surface area contributed by atoms with Gasteiger partial charge in [0.05, 0.1) is 6.10 Å². The highest BCUT2D eigenvalue weighted by molar-refractivity contribution is 5.21. The zero-order valence-corrected chi connectivity index (χ0v) is 11.3. The second-order valence-electron chi connectivity index (χ2n) is 5.00. The molecule has 2 nitrogen and oxygen atoms in total. The van der Waals surface area contributed by atoms with Gasteiger partial charge in [0.15, 0.2) is 0 Å². The minimum atomic E-state index is 0.313. The van der Waals surface area contributed by atoms with Crippen LogP contribution in [0.2, 0.25) is 0 Å². The largest absolute Gasteiger partial charge is 0.379 e. The molecule has 1 aromatic carbocycles. The molecular weight excluding hydrogens is 210 g/mol. The van der Waals surface area contributed by atoms with Crippen molar-refractivity contribution in [2.24, 2.45) is 11.7 Å². The molecule has 96 valence electrons. The molecule has 0 spiro atoms. The molecule has 1 aromatic rings. The Morgan fingerprint density at radius 1 is 1.18 bits per heavy atom. The lowest BCUT2D eigenvalue weighted by Gasteiger charge is -2.16. The van der Waals surface area contributed by atoms with Gasteiger partial charge in [-0.3, -0.25) is 0 Å². The van der Waals surface area contributed by atoms with Gasteiger partial charge in [-0.25, -0.2) is 0 Å². The quantitative estimate of drug-likeness (QED) is 0.788. The highest BCUT2D eigenvalue weighted by atomic mass is 16.5. The Labute approximate surface area is 105 Å². The van der Waals surface area contributed by atoms with Crippen LogP contribution in [0.4, 0.5) is 0 Å². The predicted molar refractivity (Wildman–Crippen MR) is 73.1 cm³/mol. The molecule has 0 bridgehead atoms. The van der Waals surface area contributed by atoms with Gasteiger partial charge in [0.1, 0.15) is 0 Å². The maximum absolute atomic E-state index is 5.81. The van der Waals surface area contributed by atoms with Gasteiger partial charge < -0.3 is 10.5 Å². The van der Waals surface area contributed by atoms with Crippen LogP contribution in [0.3, 0.4) is 0 Å². The molecular formula is C15H25NO. The van der Waals surface area contributed by atoms with E-state index in [-0.39, 0.29) is 0 Å². The SMILES string of the molecule is Cc1ccc(CC(CN)CCOC(C)C)cc1. The fourth-order valence-corrected chi connectivity index (χ4v) is 1.83. The van der Waals surface area contributed by atoms with E-state index in [0.29, 0.717) is 12.0 Å². The third kappa shape index (κ3) is 5.85. The Kier molecular flexibility index (Phi) is 6.23. The molecule has 0 amide bonds. The van der Waals surface area contributed by atoms with Gasteiger partial charge in [0.25, 0.3) is 0 Å². The second-order valence-corrected chi connectivity index (χ2v) is 5.00. The number of nitrogens with two attached hydrogens (primary N) is 1. The molecule has 0 saturated heterocycles. The summed E-state index contributed by atoms with van der Waals surface area (Å²) in [5, 5.41) is 0. The van der Waals surface area contributed by atoms with Crippen LogP contribution in [0.25, 0.3) is 0 Å². The molecule has 1 atom stereocenters. The third-order valence-corrected chi connectivity index (χ3v) is 2.96. The normalized spacial score (nSPS) is 13.0. The minimum absolute atomic E-state index is 0.313. The van der Waals surface area contributed by atoms with Gasteiger partial charge in [-0.05, 0) is 51.6 Å². The molecule has 0 aliphatic carbocycles. The first-order valence-electron chi connectivity index (χ1n) is 6.49. The van der Waals surface area contributed by atoms with Crippen molar-refractivity contribution in [1.29, 1.82) is 0 Å². The Balaban J connectivity index is 2.38. The van der Waals surface area contributed by atoms with Gasteiger partial charge in [0.2, 0.25) is 0 Å². The van der Waals surface area contributed by atoms with E-state index in [0.717, 1.165) is 26.0 Å². The first-order valence-corrected chi connectivity index (χ1v) is 6.49. The lowest BCUT2D eigenvalue weighted by atomic mass is 9.96. The molecule has 17 heavy (non-hydrogen) atoms. The molecule has 0 radical (unpaired) electrons. The molecule has 0 heterocycles. The Morgan fingerprint density at radius 2 is 1.82 bits per heavy atom. The second kappa shape index (κ2) is 7.46. The molecule has 0 aliphatic rings. The van der Waals surface area contributed by atoms with Gasteiger partial charge in [-0.15, -0.1) is 0 Å². The maximum Gasteiger partial charge on any atom is 0.0518 e. The Bertz CT molecular complexity index is 305. The number of hydrogen-bond donors (Lipinski definition) is 1. The van der Waals surface area contributed by atoms with E-state index in [4.69, 9.17) is 10.5 Å². The first-order chi connectivity index (χ1) is 8.11. The number of benzene rings is 1. The molecule has 0 fully saturated rings. The van der Waals surface area contributed by atoms with Crippen LogP contribution in [0.1, 0.15) is 31.4 Å². The van der Waals surface area contributed by atoms with Crippen LogP contribution in [-0.4, -0.2) is 19.3 Å². The summed E-state index contributed by atoms with van der Waals surface area (Å²) in [5.41, 5.74) is 8.49. The zero-order valence-electron chi connectivity index (χ0n) is 11.3. The van der Waals surface area contributed by atoms with Crippen LogP contribution in [-0.2, 0) is 11.2 Å². The van der Waals surface area contributed by atoms with E-state index in [1.54, 1.807) is 0 Å². The molecule has 0 saturated carbocycles. The van der Waals surface area contributed by atoms with Gasteiger partial charge >= 0.3 is 0 Å². The molecule has 0 aromatic heterocycles. The summed E-state index contributed by atoms with van der Waals surface area (Å²) in [5.74, 6) is 0.524. The number of ether oxygens (including phenoxy) is 1. The Hall–Kier alpha value is -0.860. The van der Waals surface area contributed by atoms with Gasteiger partial charge in [0, 0.05) is 6.61 Å². The van der Waals surface area contributed by atoms with E-state index in [1.807, 2.05) is 0 Å². The molecule has 2 N–H and O–H groups in total. The zero-order chi connectivity index (χ0) is 12.7. The first kappa shape index (κ1) is 14.2. The fraction of sp³-hybridized carbons (Fsp3) is 0.600. The summed E-state index contributed by atoms with van der Waals surface area (Å²) in [7, 11) is 0. The predicted octanol–water partition coefficient (Wildman–Crippen LogP) is 2.93. The summed E-state index contributed by atoms with van der Waals surface area (Å²) in [4.78, 5) is 0. The van der Waals surface area contributed by atoms with Crippen LogP contribution < -0.4 is 5.73 Å². The van der Waals surface area contributed by atoms with E-state index in [2.05, 4.69) is 45.0 Å². The summed E-state index contributed by atoms with van der Waals surface area (Å²) in [6.07, 6.45) is 2.41. The van der Waals surface area contributed by atoms with Crippen molar-refractivity contribution in [3.8, 4) is 0 Å². The smallest absolute Gasteiger partial charge is 0.0518 e. The van der Waals surface area contributed by atoms with Crippen LogP contribution in [0.5, 0.6) is 0 Å². The third-order valence-electron chi connectivity index (χ3n) is 2.96. The summed E-state index contributed by atoms with van der Waals surface area (Å²) < 4.78 is 5.58. The molecule has 1 rings (SSSR count). The van der Waals surface area contributed by atoms with E-state index < -0.39 is 0 Å². The van der Waals surface area contributed by atoms with Gasteiger partial charge in [-0.2, -0.15) is 0 Å². The number of rotatable bonds is 7. The molecule has 1 unspecified atom stereocenters. The van der Waals surface area contributed by atoms with E-state index in [9.17, 15) is 0 Å². The fourth-order valence-electron chi connectivity index (χ4n) is 1.83. The monoisotopic (exact) mass is 235 g/mol. The van der Waals surface area contributed by atoms with Crippen molar-refractivity contribution < 1.29 is 4.74 Å². The van der Waals surface area contributed by atoms with Crippen molar-refractivity contribution in [3.63, 3.8) is 0 Å². The van der Waals surface area contributed by atoms with Crippen LogP contribution in [0.15, 0.2) is 24.3 Å². The van der Waals surface area contributed by atoms with Crippen LogP contribution >= 0.6 is 0 Å². The summed E-state index contributed by atoms with van der Waals surface area (Å²) in [6.45, 7) is 7.79. The lowest BCUT2D eigenvalue weighted by molar-refractivity contribution is 0.0690. The average molecular weight is 235 g/mol. The molecule has 0 aliphatic heterocycles. The van der Waals surface area contributed by atoms with E-state index >= 15 is 0 Å². The van der Waals surface area contributed by atoms with Gasteiger partial charge in [-0.1, -0.05) is 29.8 Å². The highest BCUT2D eigenvalue weighted by Crippen LogP contribution is 2.13. The Morgan fingerprint density at radius 3 is 2.35 bits per heavy atom. The van der Waals surface area contributed by atoms with Crippen LogP contribution in [0, 0.1) is 12.8 Å². The van der Waals surface area contributed by atoms with Crippen molar-refractivity contribution in [2.45, 2.75) is 39.7 Å². The standard InChI is InChI=1S/C15H25NO/c1-12(2)17-9-8-15(11-16)10-14-6-4-13(3)5-7-14/h4-7,12,15H,8-11,16H2,1-3H3. The number of hydrogen-bond acceptors (Lipinski definition) is 2. The average Bonchev–Trinajstić information content (AvgIpc) is 2.30. The van der Waals surface area contributed by atoms with Crippen molar-refractivity contribution >= 4 is 0 Å². The van der Waals surface area contributed by atoms with Crippen molar-refractivity contribution in [2.75, 3.05) is 13.2 Å². The maximum atomic E-state index is 5.81. The number of aryl methyl sites for hydroxylation is 1. The van der Waals surface area contributed by atoms with Crippen molar-refractivity contribution in [3.05, 3.63) is 35.4 Å². The highest BCUT2D eigenvalue weighted by Gasteiger charge is 2.08. The topological polar surface area (TPSA) is 35.2 Å². The molecule has 2 heteroatoms. The lowest BCUT2D eigenvalue weighted by Crippen LogP contribution is -2.19. The minimum Gasteiger partial charge on any atom is -0.379 e. The van der Waals surface area contributed by atoms with E-state index in [1.165, 1.54) is 11.1 Å². The summed E-state index contributed by atoms with van der Waals surface area (Å²) in [6, 6.07) is 8.71.